The molecule has 1 aliphatic rings. The number of hydrogen-bond donors (Lipinski definition) is 1. The normalized spacial score (nSPS) is 18.4. The molecule has 2 heterocycles. The highest BCUT2D eigenvalue weighted by molar-refractivity contribution is 6.29. The average Bonchev–Trinajstić information content (AvgIpc) is 2.23. The van der Waals surface area contributed by atoms with Crippen LogP contribution in [0.15, 0.2) is 12.3 Å². The van der Waals surface area contributed by atoms with Crippen molar-refractivity contribution in [2.75, 3.05) is 13.1 Å². The second-order valence-electron chi connectivity index (χ2n) is 3.57. The predicted octanol–water partition coefficient (Wildman–Crippen LogP) is 2.34. The highest BCUT2D eigenvalue weighted by Crippen LogP contribution is 2.26. The highest BCUT2D eigenvalue weighted by atomic mass is 35.5. The summed E-state index contributed by atoms with van der Waals surface area (Å²) in [6.45, 7) is 1.99. The van der Waals surface area contributed by atoms with Crippen molar-refractivity contribution < 1.29 is 4.39 Å². The quantitative estimate of drug-likeness (QED) is 0.726. The van der Waals surface area contributed by atoms with Crippen LogP contribution in [0.4, 0.5) is 4.39 Å². The fraction of sp³-hybridized carbons (Fsp3) is 0.500. The molecule has 0 bridgehead atoms. The number of nitrogens with zero attached hydrogens (tertiary/aromatic N) is 1. The molecule has 1 N–H and O–H groups in total. The third kappa shape index (κ3) is 2.04. The number of halogens is 2. The lowest BCUT2D eigenvalue weighted by atomic mass is 9.91. The minimum Gasteiger partial charge on any atom is -0.317 e. The van der Waals surface area contributed by atoms with E-state index < -0.39 is 5.82 Å². The van der Waals surface area contributed by atoms with Gasteiger partial charge in [0, 0.05) is 6.20 Å². The summed E-state index contributed by atoms with van der Waals surface area (Å²) in [7, 11) is 0. The van der Waals surface area contributed by atoms with Crippen molar-refractivity contribution in [2.24, 2.45) is 0 Å². The second kappa shape index (κ2) is 4.24. The van der Waals surface area contributed by atoms with Gasteiger partial charge in [0.1, 0.15) is 0 Å². The molecule has 0 aliphatic carbocycles. The summed E-state index contributed by atoms with van der Waals surface area (Å²) in [6.07, 6.45) is 3.77. The third-order valence-corrected chi connectivity index (χ3v) is 2.91. The Morgan fingerprint density at radius 1 is 1.43 bits per heavy atom. The molecule has 2 nitrogen and oxygen atoms in total. The smallest absolute Gasteiger partial charge is 0.164 e. The zero-order valence-electron chi connectivity index (χ0n) is 7.76. The number of pyridine rings is 1. The van der Waals surface area contributed by atoms with Crippen molar-refractivity contribution in [3.8, 4) is 0 Å². The summed E-state index contributed by atoms with van der Waals surface area (Å²) in [5.74, 6) is 0.0122. The molecule has 0 radical (unpaired) electrons. The molecule has 14 heavy (non-hydrogen) atoms. The SMILES string of the molecule is Fc1cc(C2CCNCC2)cnc1Cl. The monoisotopic (exact) mass is 214 g/mol. The van der Waals surface area contributed by atoms with Gasteiger partial charge in [0.2, 0.25) is 0 Å². The van der Waals surface area contributed by atoms with Crippen LogP contribution in [0.25, 0.3) is 0 Å². The highest BCUT2D eigenvalue weighted by Gasteiger charge is 2.16. The van der Waals surface area contributed by atoms with Gasteiger partial charge < -0.3 is 5.32 Å². The number of nitrogens with one attached hydrogen (secondary N) is 1. The van der Waals surface area contributed by atoms with Gasteiger partial charge in [-0.3, -0.25) is 0 Å². The van der Waals surface area contributed by atoms with Crippen LogP contribution in [0.1, 0.15) is 24.3 Å². The Morgan fingerprint density at radius 2 is 2.14 bits per heavy atom. The first-order valence-electron chi connectivity index (χ1n) is 4.79. The van der Waals surface area contributed by atoms with E-state index in [4.69, 9.17) is 11.6 Å². The van der Waals surface area contributed by atoms with Crippen LogP contribution in [0.2, 0.25) is 5.15 Å². The number of hydrogen-bond acceptors (Lipinski definition) is 2. The van der Waals surface area contributed by atoms with E-state index in [1.165, 1.54) is 6.07 Å². The van der Waals surface area contributed by atoms with E-state index >= 15 is 0 Å². The van der Waals surface area contributed by atoms with E-state index in [1.54, 1.807) is 6.20 Å². The predicted molar refractivity (Wildman–Crippen MR) is 54.0 cm³/mol. The molecular formula is C10H12ClFN2. The van der Waals surface area contributed by atoms with Crippen LogP contribution in [0, 0.1) is 5.82 Å². The zero-order valence-corrected chi connectivity index (χ0v) is 8.52. The van der Waals surface area contributed by atoms with Crippen LogP contribution in [0.3, 0.4) is 0 Å². The maximum atomic E-state index is 13.1. The Morgan fingerprint density at radius 3 is 2.79 bits per heavy atom. The average molecular weight is 215 g/mol. The fourth-order valence-corrected chi connectivity index (χ4v) is 1.92. The van der Waals surface area contributed by atoms with Gasteiger partial charge in [0.05, 0.1) is 0 Å². The molecule has 1 fully saturated rings. The van der Waals surface area contributed by atoms with Gasteiger partial charge in [-0.05, 0) is 43.5 Å². The summed E-state index contributed by atoms with van der Waals surface area (Å²) in [5.41, 5.74) is 0.966. The van der Waals surface area contributed by atoms with Crippen LogP contribution < -0.4 is 5.32 Å². The minimum atomic E-state index is -0.414. The van der Waals surface area contributed by atoms with Crippen molar-refractivity contribution in [1.82, 2.24) is 10.3 Å². The molecule has 2 rings (SSSR count). The first-order chi connectivity index (χ1) is 6.77. The standard InChI is InChI=1S/C10H12ClFN2/c11-10-9(12)5-8(6-14-10)7-1-3-13-4-2-7/h5-7,13H,1-4H2. The summed E-state index contributed by atoms with van der Waals surface area (Å²) >= 11 is 5.52. The third-order valence-electron chi connectivity index (χ3n) is 2.63. The van der Waals surface area contributed by atoms with Crippen LogP contribution >= 0.6 is 11.6 Å². The van der Waals surface area contributed by atoms with Gasteiger partial charge >= 0.3 is 0 Å². The van der Waals surface area contributed by atoms with Gasteiger partial charge in [-0.25, -0.2) is 9.37 Å². The molecule has 0 atom stereocenters. The molecule has 0 amide bonds. The lowest BCUT2D eigenvalue weighted by molar-refractivity contribution is 0.457. The second-order valence-corrected chi connectivity index (χ2v) is 3.92. The van der Waals surface area contributed by atoms with E-state index in [9.17, 15) is 4.39 Å². The van der Waals surface area contributed by atoms with E-state index in [2.05, 4.69) is 10.3 Å². The molecule has 1 saturated heterocycles. The Bertz CT molecular complexity index is 324. The first-order valence-corrected chi connectivity index (χ1v) is 5.17. The molecule has 1 aliphatic heterocycles. The Labute approximate surface area is 87.5 Å². The lowest BCUT2D eigenvalue weighted by Gasteiger charge is -2.22. The van der Waals surface area contributed by atoms with Gasteiger partial charge in [-0.1, -0.05) is 11.6 Å². The van der Waals surface area contributed by atoms with Crippen molar-refractivity contribution in [3.63, 3.8) is 0 Å². The largest absolute Gasteiger partial charge is 0.317 e. The molecule has 0 saturated carbocycles. The van der Waals surface area contributed by atoms with Crippen molar-refractivity contribution >= 4 is 11.6 Å². The van der Waals surface area contributed by atoms with Crippen molar-refractivity contribution in [3.05, 3.63) is 28.8 Å². The molecule has 1 aromatic heterocycles. The summed E-state index contributed by atoms with van der Waals surface area (Å²) in [4.78, 5) is 3.82. The first kappa shape index (κ1) is 9.87. The van der Waals surface area contributed by atoms with Crippen molar-refractivity contribution in [1.29, 1.82) is 0 Å². The lowest BCUT2D eigenvalue weighted by Crippen LogP contribution is -2.26. The van der Waals surface area contributed by atoms with Gasteiger partial charge in [0.25, 0.3) is 0 Å². The maximum absolute atomic E-state index is 13.1. The Balaban J connectivity index is 2.18. The minimum absolute atomic E-state index is 0.0392. The summed E-state index contributed by atoms with van der Waals surface area (Å²) in [5, 5.41) is 3.23. The molecule has 1 aromatic rings. The Kier molecular flexibility index (Phi) is 2.99. The molecule has 0 unspecified atom stereocenters. The molecule has 0 aromatic carbocycles. The fourth-order valence-electron chi connectivity index (χ4n) is 1.81. The summed E-state index contributed by atoms with van der Waals surface area (Å²) in [6, 6.07) is 1.51. The van der Waals surface area contributed by atoms with Crippen molar-refractivity contribution in [2.45, 2.75) is 18.8 Å². The van der Waals surface area contributed by atoms with Crippen LogP contribution in [-0.4, -0.2) is 18.1 Å². The molecular weight excluding hydrogens is 203 g/mol. The van der Waals surface area contributed by atoms with Crippen LogP contribution in [0.5, 0.6) is 0 Å². The van der Waals surface area contributed by atoms with Gasteiger partial charge in [-0.15, -0.1) is 0 Å². The number of rotatable bonds is 1. The maximum Gasteiger partial charge on any atom is 0.164 e. The van der Waals surface area contributed by atoms with E-state index in [-0.39, 0.29) is 5.15 Å². The van der Waals surface area contributed by atoms with Gasteiger partial charge in [0.15, 0.2) is 11.0 Å². The number of aromatic nitrogens is 1. The molecule has 4 heteroatoms. The summed E-state index contributed by atoms with van der Waals surface area (Å²) < 4.78 is 13.1. The molecule has 76 valence electrons. The van der Waals surface area contributed by atoms with E-state index in [0.29, 0.717) is 5.92 Å². The Hall–Kier alpha value is -0.670. The topological polar surface area (TPSA) is 24.9 Å². The number of piperidine rings is 1. The van der Waals surface area contributed by atoms with Crippen LogP contribution in [-0.2, 0) is 0 Å². The van der Waals surface area contributed by atoms with E-state index in [1.807, 2.05) is 0 Å². The zero-order chi connectivity index (χ0) is 9.97. The molecule has 0 spiro atoms. The van der Waals surface area contributed by atoms with E-state index in [0.717, 1.165) is 31.5 Å². The van der Waals surface area contributed by atoms with Gasteiger partial charge in [-0.2, -0.15) is 0 Å².